The molecule has 2 aromatic carbocycles. The normalized spacial score (nSPS) is 11.6. The van der Waals surface area contributed by atoms with Crippen LogP contribution in [-0.4, -0.2) is 31.1 Å². The molecule has 1 N–H and O–H groups in total. The van der Waals surface area contributed by atoms with E-state index in [1.807, 2.05) is 6.08 Å². The molecule has 2 rings (SSSR count). The van der Waals surface area contributed by atoms with Gasteiger partial charge < -0.3 is 5.32 Å². The number of nitrogens with one attached hydrogen (secondary N) is 1. The van der Waals surface area contributed by atoms with Crippen molar-refractivity contribution in [3.63, 3.8) is 0 Å². The van der Waals surface area contributed by atoms with Crippen LogP contribution < -0.4 is 5.32 Å². The Hall–Kier alpha value is -1.50. The van der Waals surface area contributed by atoms with Gasteiger partial charge >= 0.3 is 0 Å². The van der Waals surface area contributed by atoms with Crippen LogP contribution in [0.25, 0.3) is 10.8 Å². The van der Waals surface area contributed by atoms with E-state index < -0.39 is 0 Å². The third-order valence-electron chi connectivity index (χ3n) is 4.52. The van der Waals surface area contributed by atoms with E-state index in [1.165, 1.54) is 29.2 Å². The minimum absolute atomic E-state index is 0. The summed E-state index contributed by atoms with van der Waals surface area (Å²) in [5.41, 5.74) is 1.34. The Morgan fingerprint density at radius 1 is 1.00 bits per heavy atom. The Morgan fingerprint density at radius 2 is 1.68 bits per heavy atom. The van der Waals surface area contributed by atoms with E-state index >= 15 is 0 Å². The van der Waals surface area contributed by atoms with Crippen molar-refractivity contribution in [2.45, 2.75) is 39.7 Å². The minimum atomic E-state index is 0. The zero-order valence-electron chi connectivity index (χ0n) is 17.3. The van der Waals surface area contributed by atoms with Gasteiger partial charge in [0.05, 0.1) is 6.54 Å². The fraction of sp³-hybridized carbons (Fsp3) is 0.417. The van der Waals surface area contributed by atoms with Gasteiger partial charge in [-0.15, -0.1) is 24.8 Å². The average molecular weight is 421 g/mol. The van der Waals surface area contributed by atoms with Gasteiger partial charge in [0.1, 0.15) is 0 Å². The van der Waals surface area contributed by atoms with Crippen molar-refractivity contribution >= 4 is 35.6 Å². The fourth-order valence-electron chi connectivity index (χ4n) is 3.22. The molecule has 0 aromatic heterocycles. The highest BCUT2D eigenvalue weighted by atomic mass is 35.5. The van der Waals surface area contributed by atoms with Crippen molar-refractivity contribution in [1.29, 1.82) is 0 Å². The first kappa shape index (κ1) is 26.5. The van der Waals surface area contributed by atoms with Gasteiger partial charge in [-0.2, -0.15) is 0 Å². The van der Waals surface area contributed by atoms with E-state index in [1.54, 1.807) is 0 Å². The van der Waals surface area contributed by atoms with E-state index in [-0.39, 0.29) is 24.8 Å². The van der Waals surface area contributed by atoms with Gasteiger partial charge in [-0.3, -0.25) is 4.90 Å². The van der Waals surface area contributed by atoms with Crippen LogP contribution in [-0.2, 0) is 0 Å². The molecule has 2 aromatic rings. The molecule has 0 unspecified atom stereocenters. The van der Waals surface area contributed by atoms with Gasteiger partial charge in [-0.05, 0) is 55.3 Å². The molecule has 0 aliphatic heterocycles. The fourth-order valence-corrected chi connectivity index (χ4v) is 3.22. The van der Waals surface area contributed by atoms with Crippen LogP contribution in [0.4, 0.5) is 0 Å². The molecule has 28 heavy (non-hydrogen) atoms. The molecular weight excluding hydrogens is 387 g/mol. The molecule has 2 nitrogen and oxygen atoms in total. The molecule has 0 spiro atoms. The summed E-state index contributed by atoms with van der Waals surface area (Å²) in [4.78, 5) is 2.42. The number of allylic oxidation sites excluding steroid dienone is 1. The lowest BCUT2D eigenvalue weighted by molar-refractivity contribution is 0.308. The highest BCUT2D eigenvalue weighted by molar-refractivity contribution is 5.86. The van der Waals surface area contributed by atoms with Crippen LogP contribution in [0.1, 0.15) is 45.2 Å². The smallest absolute Gasteiger partial charge is 0.0605 e. The SMILES string of the molecule is CCCN(CC#C/C=C/CN[C@H](C)c1cccc2ccccc12)CCC.Cl.Cl. The molecule has 1 atom stereocenters. The van der Waals surface area contributed by atoms with Crippen LogP contribution in [0, 0.1) is 11.8 Å². The lowest BCUT2D eigenvalue weighted by Gasteiger charge is -2.17. The number of hydrogen-bond donors (Lipinski definition) is 1. The number of halogens is 2. The van der Waals surface area contributed by atoms with Gasteiger partial charge in [0.2, 0.25) is 0 Å². The van der Waals surface area contributed by atoms with Crippen LogP contribution >= 0.6 is 24.8 Å². The maximum Gasteiger partial charge on any atom is 0.0605 e. The molecule has 0 aliphatic rings. The second-order valence-corrected chi connectivity index (χ2v) is 6.70. The highest BCUT2D eigenvalue weighted by Gasteiger charge is 2.07. The van der Waals surface area contributed by atoms with E-state index in [0.717, 1.165) is 26.2 Å². The maximum absolute atomic E-state index is 3.57. The van der Waals surface area contributed by atoms with Crippen molar-refractivity contribution in [2.24, 2.45) is 0 Å². The van der Waals surface area contributed by atoms with Crippen molar-refractivity contribution in [1.82, 2.24) is 10.2 Å². The standard InChI is InChI=1S/C24H32N2.2ClH/c1-4-18-26(19-5-2)20-11-7-6-10-17-25-21(3)23-16-12-14-22-13-8-9-15-24(22)23;;/h6,8-10,12-16,21,25H,4-5,17-20H2,1-3H3;2*1H/b10-6+;;/t21-;;/m1../s1. The van der Waals surface area contributed by atoms with Gasteiger partial charge in [-0.1, -0.05) is 74.2 Å². The Balaban J connectivity index is 0.00000364. The number of rotatable bonds is 9. The summed E-state index contributed by atoms with van der Waals surface area (Å²) in [6.45, 7) is 10.6. The lowest BCUT2D eigenvalue weighted by atomic mass is 10.00. The molecule has 0 heterocycles. The van der Waals surface area contributed by atoms with E-state index in [0.29, 0.717) is 6.04 Å². The first-order valence-corrected chi connectivity index (χ1v) is 9.83. The summed E-state index contributed by atoms with van der Waals surface area (Å²) in [6, 6.07) is 15.4. The van der Waals surface area contributed by atoms with Gasteiger partial charge in [0.15, 0.2) is 0 Å². The molecule has 0 aliphatic carbocycles. The molecule has 0 radical (unpaired) electrons. The summed E-state index contributed by atoms with van der Waals surface area (Å²) in [5, 5.41) is 6.19. The highest BCUT2D eigenvalue weighted by Crippen LogP contribution is 2.23. The summed E-state index contributed by atoms with van der Waals surface area (Å²) in [7, 11) is 0. The summed E-state index contributed by atoms with van der Waals surface area (Å²) in [5.74, 6) is 6.42. The first-order valence-electron chi connectivity index (χ1n) is 9.83. The molecular formula is C24H34Cl2N2. The van der Waals surface area contributed by atoms with Crippen LogP contribution in [0.15, 0.2) is 54.6 Å². The van der Waals surface area contributed by atoms with Crippen LogP contribution in [0.3, 0.4) is 0 Å². The number of benzene rings is 2. The summed E-state index contributed by atoms with van der Waals surface area (Å²) >= 11 is 0. The summed E-state index contributed by atoms with van der Waals surface area (Å²) < 4.78 is 0. The molecule has 0 saturated carbocycles. The predicted molar refractivity (Wildman–Crippen MR) is 129 cm³/mol. The monoisotopic (exact) mass is 420 g/mol. The first-order chi connectivity index (χ1) is 12.8. The number of fused-ring (bicyclic) bond motifs is 1. The van der Waals surface area contributed by atoms with Crippen molar-refractivity contribution in [3.8, 4) is 11.8 Å². The Kier molecular flexibility index (Phi) is 14.6. The summed E-state index contributed by atoms with van der Waals surface area (Å²) in [6.07, 6.45) is 6.46. The Morgan fingerprint density at radius 3 is 2.39 bits per heavy atom. The maximum atomic E-state index is 3.57. The predicted octanol–water partition coefficient (Wildman–Crippen LogP) is 6.02. The Bertz CT molecular complexity index is 751. The number of hydrogen-bond acceptors (Lipinski definition) is 2. The van der Waals surface area contributed by atoms with E-state index in [9.17, 15) is 0 Å². The van der Waals surface area contributed by atoms with E-state index in [2.05, 4.69) is 91.4 Å². The molecule has 0 saturated heterocycles. The van der Waals surface area contributed by atoms with Crippen molar-refractivity contribution in [3.05, 3.63) is 60.2 Å². The third kappa shape index (κ3) is 8.67. The molecule has 0 fully saturated rings. The van der Waals surface area contributed by atoms with Gasteiger partial charge in [0.25, 0.3) is 0 Å². The zero-order valence-corrected chi connectivity index (χ0v) is 18.9. The van der Waals surface area contributed by atoms with E-state index in [4.69, 9.17) is 0 Å². The third-order valence-corrected chi connectivity index (χ3v) is 4.52. The van der Waals surface area contributed by atoms with Crippen molar-refractivity contribution in [2.75, 3.05) is 26.2 Å². The molecule has 4 heteroatoms. The van der Waals surface area contributed by atoms with Crippen LogP contribution in [0.2, 0.25) is 0 Å². The minimum Gasteiger partial charge on any atom is -0.307 e. The molecule has 0 bridgehead atoms. The lowest BCUT2D eigenvalue weighted by Crippen LogP contribution is -2.25. The quantitative estimate of drug-likeness (QED) is 0.499. The zero-order chi connectivity index (χ0) is 18.6. The van der Waals surface area contributed by atoms with Gasteiger partial charge in [0, 0.05) is 12.6 Å². The molecule has 0 amide bonds. The Labute approximate surface area is 183 Å². The molecule has 154 valence electrons. The topological polar surface area (TPSA) is 15.3 Å². The number of nitrogens with zero attached hydrogens (tertiary/aromatic N) is 1. The average Bonchev–Trinajstić information content (AvgIpc) is 2.67. The van der Waals surface area contributed by atoms with Crippen LogP contribution in [0.5, 0.6) is 0 Å². The van der Waals surface area contributed by atoms with Crippen molar-refractivity contribution < 1.29 is 0 Å². The van der Waals surface area contributed by atoms with Gasteiger partial charge in [-0.25, -0.2) is 0 Å². The second-order valence-electron chi connectivity index (χ2n) is 6.70. The second kappa shape index (κ2) is 15.4. The largest absolute Gasteiger partial charge is 0.307 e.